The molecule has 0 atom stereocenters. The summed E-state index contributed by atoms with van der Waals surface area (Å²) in [4.78, 5) is 12.4. The summed E-state index contributed by atoms with van der Waals surface area (Å²) in [7, 11) is 0. The van der Waals surface area contributed by atoms with E-state index in [-0.39, 0.29) is 12.0 Å². The number of halogens is 3. The number of fused-ring (bicyclic) bond motifs is 1. The third-order valence-corrected chi connectivity index (χ3v) is 4.39. The SMILES string of the molecule is O=C(Cc1ccc2c(c1)B(O)CCC2)c1ccccc1C(F)(F)F. The van der Waals surface area contributed by atoms with Crippen molar-refractivity contribution in [2.24, 2.45) is 0 Å². The molecule has 124 valence electrons. The molecule has 2 nitrogen and oxygen atoms in total. The van der Waals surface area contributed by atoms with Gasteiger partial charge in [-0.1, -0.05) is 48.4 Å². The maximum atomic E-state index is 13.0. The van der Waals surface area contributed by atoms with Crippen molar-refractivity contribution in [3.63, 3.8) is 0 Å². The van der Waals surface area contributed by atoms with Crippen LogP contribution < -0.4 is 5.46 Å². The molecule has 0 radical (unpaired) electrons. The minimum Gasteiger partial charge on any atom is -0.446 e. The molecule has 0 aromatic heterocycles. The van der Waals surface area contributed by atoms with Crippen LogP contribution in [0.2, 0.25) is 6.32 Å². The van der Waals surface area contributed by atoms with Gasteiger partial charge in [0, 0.05) is 12.0 Å². The van der Waals surface area contributed by atoms with Crippen molar-refractivity contribution >= 4 is 18.2 Å². The van der Waals surface area contributed by atoms with Crippen LogP contribution in [0.5, 0.6) is 0 Å². The Morgan fingerprint density at radius 3 is 2.67 bits per heavy atom. The van der Waals surface area contributed by atoms with Gasteiger partial charge in [0.05, 0.1) is 5.56 Å². The number of rotatable bonds is 3. The number of ketones is 1. The van der Waals surface area contributed by atoms with Gasteiger partial charge in [0.2, 0.25) is 0 Å². The highest BCUT2D eigenvalue weighted by Crippen LogP contribution is 2.32. The van der Waals surface area contributed by atoms with Crippen LogP contribution in [-0.2, 0) is 19.0 Å². The molecule has 0 saturated heterocycles. The van der Waals surface area contributed by atoms with Gasteiger partial charge in [-0.3, -0.25) is 4.79 Å². The lowest BCUT2D eigenvalue weighted by atomic mass is 9.53. The average molecular weight is 332 g/mol. The van der Waals surface area contributed by atoms with Crippen LogP contribution in [0.3, 0.4) is 0 Å². The Balaban J connectivity index is 1.88. The zero-order valence-corrected chi connectivity index (χ0v) is 12.9. The van der Waals surface area contributed by atoms with Crippen LogP contribution in [-0.4, -0.2) is 17.7 Å². The molecule has 2 aromatic rings. The molecule has 2 aromatic carbocycles. The van der Waals surface area contributed by atoms with Gasteiger partial charge < -0.3 is 5.02 Å². The molecule has 0 saturated carbocycles. The number of Topliss-reactive ketones (excluding diaryl/α,β-unsaturated/α-hetero) is 1. The summed E-state index contributed by atoms with van der Waals surface area (Å²) >= 11 is 0. The molecule has 1 heterocycles. The molecule has 24 heavy (non-hydrogen) atoms. The zero-order valence-electron chi connectivity index (χ0n) is 12.9. The molecule has 1 aliphatic heterocycles. The number of carbonyl (C=O) groups is 1. The van der Waals surface area contributed by atoms with E-state index in [9.17, 15) is 23.0 Å². The number of hydrogen-bond donors (Lipinski definition) is 1. The second kappa shape index (κ2) is 6.44. The second-order valence-corrected chi connectivity index (χ2v) is 6.08. The Labute approximate surface area is 138 Å². The minimum absolute atomic E-state index is 0.118. The monoisotopic (exact) mass is 332 g/mol. The van der Waals surface area contributed by atoms with Gasteiger partial charge in [-0.2, -0.15) is 13.2 Å². The maximum absolute atomic E-state index is 13.0. The van der Waals surface area contributed by atoms with E-state index in [1.807, 2.05) is 6.07 Å². The molecule has 0 amide bonds. The van der Waals surface area contributed by atoms with E-state index in [1.54, 1.807) is 12.1 Å². The van der Waals surface area contributed by atoms with Crippen LogP contribution in [0, 0.1) is 0 Å². The summed E-state index contributed by atoms with van der Waals surface area (Å²) in [6.45, 7) is -0.564. The molecule has 0 spiro atoms. The molecular weight excluding hydrogens is 316 g/mol. The smallest absolute Gasteiger partial charge is 0.417 e. The third-order valence-electron chi connectivity index (χ3n) is 4.39. The lowest BCUT2D eigenvalue weighted by molar-refractivity contribution is -0.137. The first kappa shape index (κ1) is 16.8. The Kier molecular flexibility index (Phi) is 4.50. The molecular formula is C18H16BF3O2. The summed E-state index contributed by atoms with van der Waals surface area (Å²) in [5, 5.41) is 10.1. The first-order valence-electron chi connectivity index (χ1n) is 7.85. The topological polar surface area (TPSA) is 37.3 Å². The van der Waals surface area contributed by atoms with Crippen molar-refractivity contribution in [3.8, 4) is 0 Å². The maximum Gasteiger partial charge on any atom is 0.417 e. The number of aryl methyl sites for hydroxylation is 1. The summed E-state index contributed by atoms with van der Waals surface area (Å²) in [6.07, 6.45) is -2.23. The van der Waals surface area contributed by atoms with Crippen LogP contribution in [0.4, 0.5) is 13.2 Å². The average Bonchev–Trinajstić information content (AvgIpc) is 2.55. The highest BCUT2D eigenvalue weighted by molar-refractivity contribution is 6.67. The van der Waals surface area contributed by atoms with Crippen molar-refractivity contribution in [2.75, 3.05) is 0 Å². The first-order chi connectivity index (χ1) is 11.4. The fraction of sp³-hybridized carbons (Fsp3) is 0.278. The fourth-order valence-electron chi connectivity index (χ4n) is 3.19. The molecule has 0 bridgehead atoms. The molecule has 0 aliphatic carbocycles. The predicted octanol–water partition coefficient (Wildman–Crippen LogP) is 3.27. The second-order valence-electron chi connectivity index (χ2n) is 6.08. The molecule has 6 heteroatoms. The summed E-state index contributed by atoms with van der Waals surface area (Å²) in [5.41, 5.74) is 1.23. The standard InChI is InChI=1S/C18H16BF3O2/c20-18(21,22)15-6-2-1-5-14(15)17(23)11-12-7-8-13-4-3-9-19(24)16(13)10-12/h1-2,5-8,10,24H,3-4,9,11H2. The number of hydrogen-bond acceptors (Lipinski definition) is 2. The fourth-order valence-corrected chi connectivity index (χ4v) is 3.19. The quantitative estimate of drug-likeness (QED) is 0.692. The van der Waals surface area contributed by atoms with Crippen LogP contribution >= 0.6 is 0 Å². The van der Waals surface area contributed by atoms with E-state index in [0.29, 0.717) is 11.9 Å². The molecule has 3 rings (SSSR count). The summed E-state index contributed by atoms with van der Waals surface area (Å²) in [6, 6.07) is 10.2. The van der Waals surface area contributed by atoms with E-state index in [1.165, 1.54) is 18.2 Å². The van der Waals surface area contributed by atoms with Crippen LogP contribution in [0.25, 0.3) is 0 Å². The largest absolute Gasteiger partial charge is 0.446 e. The number of alkyl halides is 3. The van der Waals surface area contributed by atoms with Gasteiger partial charge in [0.15, 0.2) is 5.78 Å². The van der Waals surface area contributed by atoms with Crippen molar-refractivity contribution < 1.29 is 23.0 Å². The predicted molar refractivity (Wildman–Crippen MR) is 86.7 cm³/mol. The molecule has 1 aliphatic rings. The Morgan fingerprint density at radius 2 is 1.92 bits per heavy atom. The van der Waals surface area contributed by atoms with Gasteiger partial charge >= 0.3 is 13.1 Å². The Morgan fingerprint density at radius 1 is 1.17 bits per heavy atom. The van der Waals surface area contributed by atoms with E-state index in [4.69, 9.17) is 0 Å². The van der Waals surface area contributed by atoms with Crippen molar-refractivity contribution in [1.29, 1.82) is 0 Å². The van der Waals surface area contributed by atoms with Gasteiger partial charge in [0.1, 0.15) is 0 Å². The first-order valence-corrected chi connectivity index (χ1v) is 7.85. The van der Waals surface area contributed by atoms with E-state index < -0.39 is 24.4 Å². The Hall–Kier alpha value is -2.08. The van der Waals surface area contributed by atoms with Crippen molar-refractivity contribution in [2.45, 2.75) is 31.8 Å². The minimum atomic E-state index is -4.56. The van der Waals surface area contributed by atoms with Gasteiger partial charge in [-0.25, -0.2) is 0 Å². The summed E-state index contributed by atoms with van der Waals surface area (Å²) in [5.74, 6) is -0.576. The van der Waals surface area contributed by atoms with Gasteiger partial charge in [-0.05, 0) is 29.8 Å². The lowest BCUT2D eigenvalue weighted by Crippen LogP contribution is -2.36. The normalized spacial score (nSPS) is 14.4. The van der Waals surface area contributed by atoms with Crippen LogP contribution in [0.1, 0.15) is 33.5 Å². The number of benzene rings is 2. The zero-order chi connectivity index (χ0) is 17.3. The van der Waals surface area contributed by atoms with Crippen molar-refractivity contribution in [1.82, 2.24) is 0 Å². The van der Waals surface area contributed by atoms with E-state index >= 15 is 0 Å². The van der Waals surface area contributed by atoms with Gasteiger partial charge in [0.25, 0.3) is 0 Å². The third kappa shape index (κ3) is 3.38. The molecule has 1 N–H and O–H groups in total. The highest BCUT2D eigenvalue weighted by Gasteiger charge is 2.34. The lowest BCUT2D eigenvalue weighted by Gasteiger charge is -2.19. The van der Waals surface area contributed by atoms with E-state index in [0.717, 1.165) is 29.9 Å². The molecule has 0 unspecified atom stereocenters. The van der Waals surface area contributed by atoms with Crippen LogP contribution in [0.15, 0.2) is 42.5 Å². The van der Waals surface area contributed by atoms with Gasteiger partial charge in [-0.15, -0.1) is 0 Å². The van der Waals surface area contributed by atoms with E-state index in [2.05, 4.69) is 0 Å². The van der Waals surface area contributed by atoms with Crippen molar-refractivity contribution in [3.05, 3.63) is 64.7 Å². The number of carbonyl (C=O) groups excluding carboxylic acids is 1. The molecule has 0 fully saturated rings. The Bertz CT molecular complexity index is 771. The highest BCUT2D eigenvalue weighted by atomic mass is 19.4. The summed E-state index contributed by atoms with van der Waals surface area (Å²) < 4.78 is 39.1.